The Balaban J connectivity index is 2.17. The molecule has 1 saturated carbocycles. The maximum absolute atomic E-state index is 12.8. The van der Waals surface area contributed by atoms with Crippen LogP contribution >= 0.6 is 0 Å². The number of pyridine rings is 1. The minimum atomic E-state index is -0.425. The number of nitrogens with zero attached hydrogens (tertiary/aromatic N) is 2. The fraction of sp³-hybridized carbons (Fsp3) is 0.625. The number of amides is 1. The van der Waals surface area contributed by atoms with Crippen LogP contribution in [-0.4, -0.2) is 31.5 Å². The molecule has 1 amide bonds. The van der Waals surface area contributed by atoms with Crippen molar-refractivity contribution in [1.29, 1.82) is 0 Å². The van der Waals surface area contributed by atoms with Crippen molar-refractivity contribution in [3.63, 3.8) is 0 Å². The second kappa shape index (κ2) is 6.43. The van der Waals surface area contributed by atoms with Gasteiger partial charge in [0.2, 0.25) is 5.91 Å². The molecule has 1 aliphatic rings. The average molecular weight is 290 g/mol. The molecule has 0 bridgehead atoms. The van der Waals surface area contributed by atoms with Crippen LogP contribution in [0.25, 0.3) is 0 Å². The lowest BCUT2D eigenvalue weighted by atomic mass is 9.70. The second-order valence-electron chi connectivity index (χ2n) is 6.41. The minimum Gasteiger partial charge on any atom is -0.376 e. The summed E-state index contributed by atoms with van der Waals surface area (Å²) in [5, 5.41) is 3.05. The van der Waals surface area contributed by atoms with Crippen LogP contribution in [-0.2, 0) is 4.79 Å². The molecule has 1 aromatic rings. The first-order valence-corrected chi connectivity index (χ1v) is 7.61. The van der Waals surface area contributed by atoms with E-state index in [1.807, 2.05) is 25.1 Å². The molecule has 0 unspecified atom stereocenters. The molecule has 1 aliphatic carbocycles. The number of nitrogens with two attached hydrogens (primary N) is 1. The average Bonchev–Trinajstić information content (AvgIpc) is 2.48. The molecular weight excluding hydrogens is 264 g/mol. The molecule has 0 aromatic carbocycles. The van der Waals surface area contributed by atoms with E-state index in [0.717, 1.165) is 37.1 Å². The molecule has 1 aromatic heterocycles. The Hall–Kier alpha value is -1.62. The van der Waals surface area contributed by atoms with Crippen LogP contribution in [0.15, 0.2) is 18.5 Å². The molecule has 1 fully saturated rings. The van der Waals surface area contributed by atoms with Gasteiger partial charge in [-0.2, -0.15) is 0 Å². The van der Waals surface area contributed by atoms with Gasteiger partial charge < -0.3 is 16.0 Å². The van der Waals surface area contributed by atoms with Crippen molar-refractivity contribution in [2.75, 3.05) is 30.9 Å². The van der Waals surface area contributed by atoms with E-state index in [-0.39, 0.29) is 5.91 Å². The molecule has 3 N–H and O–H groups in total. The van der Waals surface area contributed by atoms with Crippen LogP contribution in [0.1, 0.15) is 32.6 Å². The Morgan fingerprint density at radius 1 is 1.48 bits per heavy atom. The molecule has 2 rings (SSSR count). The fourth-order valence-corrected chi connectivity index (χ4v) is 2.97. The van der Waals surface area contributed by atoms with Crippen molar-refractivity contribution in [2.24, 2.45) is 17.1 Å². The smallest absolute Gasteiger partial charge is 0.231 e. The summed E-state index contributed by atoms with van der Waals surface area (Å²) in [7, 11) is 3.90. The van der Waals surface area contributed by atoms with Crippen LogP contribution in [0.4, 0.5) is 11.4 Å². The Morgan fingerprint density at radius 2 is 2.14 bits per heavy atom. The maximum Gasteiger partial charge on any atom is 0.231 e. The fourth-order valence-electron chi connectivity index (χ4n) is 2.97. The van der Waals surface area contributed by atoms with Gasteiger partial charge in [0.05, 0.1) is 23.0 Å². The van der Waals surface area contributed by atoms with E-state index in [9.17, 15) is 4.79 Å². The summed E-state index contributed by atoms with van der Waals surface area (Å²) in [6.07, 6.45) is 7.30. The minimum absolute atomic E-state index is 0.0352. The Labute approximate surface area is 126 Å². The summed E-state index contributed by atoms with van der Waals surface area (Å²) in [6.45, 7) is 2.65. The van der Waals surface area contributed by atoms with Crippen molar-refractivity contribution in [2.45, 2.75) is 32.6 Å². The van der Waals surface area contributed by atoms with Crippen molar-refractivity contribution in [3.05, 3.63) is 18.5 Å². The Morgan fingerprint density at radius 3 is 2.71 bits per heavy atom. The van der Waals surface area contributed by atoms with Crippen LogP contribution in [0, 0.1) is 11.3 Å². The molecule has 1 heterocycles. The number of aromatic nitrogens is 1. The lowest BCUT2D eigenvalue weighted by molar-refractivity contribution is -0.127. The topological polar surface area (TPSA) is 71.2 Å². The monoisotopic (exact) mass is 290 g/mol. The highest BCUT2D eigenvalue weighted by atomic mass is 16.2. The molecule has 21 heavy (non-hydrogen) atoms. The highest BCUT2D eigenvalue weighted by molar-refractivity contribution is 5.98. The van der Waals surface area contributed by atoms with E-state index >= 15 is 0 Å². The summed E-state index contributed by atoms with van der Waals surface area (Å²) >= 11 is 0. The molecule has 0 atom stereocenters. The number of hydrogen-bond donors (Lipinski definition) is 2. The van der Waals surface area contributed by atoms with Gasteiger partial charge in [-0.3, -0.25) is 9.78 Å². The van der Waals surface area contributed by atoms with Crippen LogP contribution in [0.2, 0.25) is 0 Å². The van der Waals surface area contributed by atoms with Gasteiger partial charge in [0.15, 0.2) is 0 Å². The number of hydrogen-bond acceptors (Lipinski definition) is 4. The molecular formula is C16H26N4O. The Kier molecular flexibility index (Phi) is 4.83. The summed E-state index contributed by atoms with van der Waals surface area (Å²) in [5.41, 5.74) is 7.23. The first kappa shape index (κ1) is 15.8. The van der Waals surface area contributed by atoms with Crippen LogP contribution in [0.3, 0.4) is 0 Å². The summed E-state index contributed by atoms with van der Waals surface area (Å²) in [6, 6.07) is 1.90. The standard InChI is InChI=1S/C16H26N4O/c1-12-4-7-16(11-17,8-5-12)15(21)19-13-10-18-9-6-14(13)20(2)3/h6,9-10,12H,4-5,7-8,11,17H2,1-3H3,(H,19,21). The zero-order chi connectivity index (χ0) is 15.5. The van der Waals surface area contributed by atoms with Crippen molar-refractivity contribution in [1.82, 2.24) is 4.98 Å². The first-order chi connectivity index (χ1) is 9.98. The molecule has 116 valence electrons. The number of anilines is 2. The van der Waals surface area contributed by atoms with E-state index in [2.05, 4.69) is 17.2 Å². The second-order valence-corrected chi connectivity index (χ2v) is 6.41. The lowest BCUT2D eigenvalue weighted by Gasteiger charge is -2.37. The predicted octanol–water partition coefficient (Wildman–Crippen LogP) is 2.24. The van der Waals surface area contributed by atoms with Crippen molar-refractivity contribution >= 4 is 17.3 Å². The van der Waals surface area contributed by atoms with E-state index in [1.54, 1.807) is 12.4 Å². The van der Waals surface area contributed by atoms with Gasteiger partial charge in [-0.25, -0.2) is 0 Å². The number of carbonyl (C=O) groups is 1. The third kappa shape index (κ3) is 3.35. The van der Waals surface area contributed by atoms with Crippen molar-refractivity contribution in [3.8, 4) is 0 Å². The van der Waals surface area contributed by atoms with Gasteiger partial charge in [0.1, 0.15) is 0 Å². The summed E-state index contributed by atoms with van der Waals surface area (Å²) in [5.74, 6) is 0.723. The summed E-state index contributed by atoms with van der Waals surface area (Å²) in [4.78, 5) is 18.8. The summed E-state index contributed by atoms with van der Waals surface area (Å²) < 4.78 is 0. The zero-order valence-corrected chi connectivity index (χ0v) is 13.2. The van der Waals surface area contributed by atoms with Crippen LogP contribution < -0.4 is 16.0 Å². The molecule has 0 radical (unpaired) electrons. The van der Waals surface area contributed by atoms with Crippen LogP contribution in [0.5, 0.6) is 0 Å². The molecule has 0 spiro atoms. The first-order valence-electron chi connectivity index (χ1n) is 7.61. The van der Waals surface area contributed by atoms with Gasteiger partial charge in [-0.1, -0.05) is 6.92 Å². The maximum atomic E-state index is 12.8. The van der Waals surface area contributed by atoms with E-state index in [0.29, 0.717) is 12.5 Å². The third-order valence-corrected chi connectivity index (χ3v) is 4.63. The lowest BCUT2D eigenvalue weighted by Crippen LogP contribution is -2.45. The van der Waals surface area contributed by atoms with E-state index < -0.39 is 5.41 Å². The van der Waals surface area contributed by atoms with Crippen molar-refractivity contribution < 1.29 is 4.79 Å². The molecule has 0 saturated heterocycles. The number of rotatable bonds is 4. The predicted molar refractivity (Wildman–Crippen MR) is 86.3 cm³/mol. The SMILES string of the molecule is CC1CCC(CN)(C(=O)Nc2cnccc2N(C)C)CC1. The van der Waals surface area contributed by atoms with E-state index in [4.69, 9.17) is 5.73 Å². The zero-order valence-electron chi connectivity index (χ0n) is 13.2. The largest absolute Gasteiger partial charge is 0.376 e. The van der Waals surface area contributed by atoms with E-state index in [1.165, 1.54) is 0 Å². The molecule has 5 heteroatoms. The van der Waals surface area contributed by atoms with Gasteiger partial charge in [-0.05, 0) is 37.7 Å². The van der Waals surface area contributed by atoms with Gasteiger partial charge in [0, 0.05) is 26.8 Å². The van der Waals surface area contributed by atoms with Gasteiger partial charge >= 0.3 is 0 Å². The highest BCUT2D eigenvalue weighted by Crippen LogP contribution is 2.39. The quantitative estimate of drug-likeness (QED) is 0.892. The molecule has 5 nitrogen and oxygen atoms in total. The normalized spacial score (nSPS) is 25.4. The number of carbonyl (C=O) groups excluding carboxylic acids is 1. The highest BCUT2D eigenvalue weighted by Gasteiger charge is 2.40. The Bertz CT molecular complexity index is 493. The van der Waals surface area contributed by atoms with Gasteiger partial charge in [-0.15, -0.1) is 0 Å². The number of nitrogens with one attached hydrogen (secondary N) is 1. The molecule has 0 aliphatic heterocycles. The third-order valence-electron chi connectivity index (χ3n) is 4.63. The van der Waals surface area contributed by atoms with Gasteiger partial charge in [0.25, 0.3) is 0 Å².